The minimum atomic E-state index is -0.160. The first kappa shape index (κ1) is 20.6. The second-order valence-corrected chi connectivity index (χ2v) is 7.33. The van der Waals surface area contributed by atoms with Gasteiger partial charge in [-0.25, -0.2) is 0 Å². The molecule has 4 rings (SSSR count). The van der Waals surface area contributed by atoms with Crippen LogP contribution in [0.25, 0.3) is 0 Å². The Morgan fingerprint density at radius 3 is 2.71 bits per heavy atom. The summed E-state index contributed by atoms with van der Waals surface area (Å²) in [6.07, 6.45) is 2.81. The molecular formula is C20H27ClN4O3. The van der Waals surface area contributed by atoms with E-state index in [0.717, 1.165) is 54.9 Å². The minimum absolute atomic E-state index is 0. The lowest BCUT2D eigenvalue weighted by Gasteiger charge is -2.40. The van der Waals surface area contributed by atoms with E-state index in [4.69, 9.17) is 9.47 Å². The van der Waals surface area contributed by atoms with E-state index in [9.17, 15) is 4.79 Å². The van der Waals surface area contributed by atoms with Crippen LogP contribution in [0.2, 0.25) is 0 Å². The topological polar surface area (TPSA) is 77.4 Å². The van der Waals surface area contributed by atoms with Crippen molar-refractivity contribution in [3.8, 4) is 5.75 Å². The first-order chi connectivity index (χ1) is 13.1. The number of methoxy groups -OCH3 is 1. The lowest BCUT2D eigenvalue weighted by atomic mass is 9.84. The average molecular weight is 407 g/mol. The van der Waals surface area contributed by atoms with Crippen molar-refractivity contribution >= 4 is 18.3 Å². The molecule has 0 unspecified atom stereocenters. The third kappa shape index (κ3) is 4.01. The van der Waals surface area contributed by atoms with E-state index in [1.165, 1.54) is 0 Å². The zero-order valence-corrected chi connectivity index (χ0v) is 17.1. The second kappa shape index (κ2) is 8.51. The van der Waals surface area contributed by atoms with Gasteiger partial charge in [0.25, 0.3) is 5.91 Å². The molecule has 1 amide bonds. The van der Waals surface area contributed by atoms with Gasteiger partial charge in [0.15, 0.2) is 5.69 Å². The predicted molar refractivity (Wildman–Crippen MR) is 108 cm³/mol. The molecule has 0 bridgehead atoms. The molecule has 0 radical (unpaired) electrons. The number of hydrogen-bond acceptors (Lipinski definition) is 5. The Balaban J connectivity index is 0.00000225. The molecule has 0 saturated carbocycles. The van der Waals surface area contributed by atoms with Gasteiger partial charge in [-0.3, -0.25) is 9.48 Å². The maximum absolute atomic E-state index is 12.7. The van der Waals surface area contributed by atoms with Crippen molar-refractivity contribution in [2.24, 2.45) is 7.05 Å². The third-order valence-corrected chi connectivity index (χ3v) is 5.63. The number of fused-ring (bicyclic) bond motifs is 1. The first-order valence-corrected chi connectivity index (χ1v) is 9.41. The number of carbonyl (C=O) groups excluding carboxylic acids is 1. The highest BCUT2D eigenvalue weighted by molar-refractivity contribution is 5.94. The summed E-state index contributed by atoms with van der Waals surface area (Å²) >= 11 is 0. The van der Waals surface area contributed by atoms with Gasteiger partial charge in [-0.1, -0.05) is 12.1 Å². The molecule has 7 nitrogen and oxygen atoms in total. The van der Waals surface area contributed by atoms with Crippen molar-refractivity contribution in [3.63, 3.8) is 0 Å². The van der Waals surface area contributed by atoms with Gasteiger partial charge in [-0.2, -0.15) is 5.10 Å². The van der Waals surface area contributed by atoms with Crippen LogP contribution in [-0.4, -0.2) is 41.5 Å². The van der Waals surface area contributed by atoms with Gasteiger partial charge in [0.05, 0.1) is 19.3 Å². The third-order valence-electron chi connectivity index (χ3n) is 5.63. The van der Waals surface area contributed by atoms with Crippen LogP contribution in [0, 0.1) is 0 Å². The Hall–Kier alpha value is -2.09. The van der Waals surface area contributed by atoms with E-state index in [1.807, 2.05) is 36.0 Å². The van der Waals surface area contributed by atoms with E-state index in [1.54, 1.807) is 7.11 Å². The molecule has 2 N–H and O–H groups in total. The smallest absolute Gasteiger partial charge is 0.272 e. The zero-order chi connectivity index (χ0) is 18.9. The Morgan fingerprint density at radius 2 is 2.04 bits per heavy atom. The van der Waals surface area contributed by atoms with Crippen LogP contribution in [0.5, 0.6) is 5.75 Å². The van der Waals surface area contributed by atoms with Crippen molar-refractivity contribution in [2.75, 3.05) is 20.2 Å². The Labute approximate surface area is 171 Å². The average Bonchev–Trinajstić information content (AvgIpc) is 3.03. The fourth-order valence-corrected chi connectivity index (χ4v) is 3.95. The minimum Gasteiger partial charge on any atom is -0.497 e. The van der Waals surface area contributed by atoms with Crippen LogP contribution in [0.4, 0.5) is 0 Å². The van der Waals surface area contributed by atoms with Gasteiger partial charge in [0, 0.05) is 31.3 Å². The van der Waals surface area contributed by atoms with Crippen molar-refractivity contribution < 1.29 is 14.3 Å². The van der Waals surface area contributed by atoms with Crippen molar-refractivity contribution in [1.29, 1.82) is 0 Å². The van der Waals surface area contributed by atoms with Crippen LogP contribution in [0.3, 0.4) is 0 Å². The SMILES string of the molecule is COc1ccc(CNC(=O)c2nn(C)c3c2COC2(CCNCC2)C3)cc1.Cl. The lowest BCUT2D eigenvalue weighted by molar-refractivity contribution is -0.0869. The summed E-state index contributed by atoms with van der Waals surface area (Å²) in [7, 11) is 3.55. The number of aryl methyl sites for hydroxylation is 1. The molecule has 2 aliphatic rings. The van der Waals surface area contributed by atoms with Gasteiger partial charge >= 0.3 is 0 Å². The van der Waals surface area contributed by atoms with Crippen molar-refractivity contribution in [1.82, 2.24) is 20.4 Å². The number of carbonyl (C=O) groups is 1. The largest absolute Gasteiger partial charge is 0.497 e. The molecule has 1 aromatic carbocycles. The van der Waals surface area contributed by atoms with Crippen molar-refractivity contribution in [3.05, 3.63) is 46.8 Å². The van der Waals surface area contributed by atoms with Crippen LogP contribution in [0.15, 0.2) is 24.3 Å². The van der Waals surface area contributed by atoms with Gasteiger partial charge in [0.1, 0.15) is 5.75 Å². The van der Waals surface area contributed by atoms with Crippen LogP contribution in [-0.2, 0) is 31.4 Å². The predicted octanol–water partition coefficient (Wildman–Crippen LogP) is 1.98. The molecule has 8 heteroatoms. The molecule has 28 heavy (non-hydrogen) atoms. The maximum Gasteiger partial charge on any atom is 0.272 e. The summed E-state index contributed by atoms with van der Waals surface area (Å²) in [6.45, 7) is 2.85. The monoisotopic (exact) mass is 406 g/mol. The van der Waals surface area contributed by atoms with Gasteiger partial charge in [-0.15, -0.1) is 12.4 Å². The normalized spacial score (nSPS) is 17.5. The number of aromatic nitrogens is 2. The highest BCUT2D eigenvalue weighted by Gasteiger charge is 2.40. The van der Waals surface area contributed by atoms with Gasteiger partial charge < -0.3 is 20.1 Å². The van der Waals surface area contributed by atoms with E-state index >= 15 is 0 Å². The standard InChI is InChI=1S/C20H26N4O3.ClH/c1-24-17-11-20(7-9-21-10-8-20)27-13-16(17)18(23-24)19(25)22-12-14-3-5-15(26-2)6-4-14;/h3-6,21H,7-13H2,1-2H3,(H,22,25);1H. The number of ether oxygens (including phenoxy) is 2. The number of rotatable bonds is 4. The summed E-state index contributed by atoms with van der Waals surface area (Å²) < 4.78 is 13.2. The van der Waals surface area contributed by atoms with E-state index < -0.39 is 0 Å². The summed E-state index contributed by atoms with van der Waals surface area (Å²) in [5.74, 6) is 0.639. The Bertz CT molecular complexity index is 829. The van der Waals surface area contributed by atoms with Crippen molar-refractivity contribution in [2.45, 2.75) is 38.0 Å². The van der Waals surface area contributed by atoms with Gasteiger partial charge in [-0.05, 0) is 43.6 Å². The van der Waals surface area contributed by atoms with Gasteiger partial charge in [0.2, 0.25) is 0 Å². The first-order valence-electron chi connectivity index (χ1n) is 9.41. The van der Waals surface area contributed by atoms with Crippen LogP contribution < -0.4 is 15.4 Å². The molecule has 152 valence electrons. The Kier molecular flexibility index (Phi) is 6.27. The molecule has 0 aliphatic carbocycles. The number of amides is 1. The number of piperidine rings is 1. The highest BCUT2D eigenvalue weighted by Crippen LogP contribution is 2.35. The van der Waals surface area contributed by atoms with E-state index in [2.05, 4.69) is 15.7 Å². The van der Waals surface area contributed by atoms with E-state index in [0.29, 0.717) is 18.8 Å². The molecule has 1 spiro atoms. The molecule has 2 aromatic rings. The molecule has 1 saturated heterocycles. The molecule has 1 aromatic heterocycles. The molecule has 2 aliphatic heterocycles. The molecule has 3 heterocycles. The summed E-state index contributed by atoms with van der Waals surface area (Å²) in [5.41, 5.74) is 3.43. The lowest BCUT2D eigenvalue weighted by Crippen LogP contribution is -2.47. The Morgan fingerprint density at radius 1 is 1.32 bits per heavy atom. The number of benzene rings is 1. The quantitative estimate of drug-likeness (QED) is 0.811. The summed E-state index contributed by atoms with van der Waals surface area (Å²) in [4.78, 5) is 12.7. The summed E-state index contributed by atoms with van der Waals surface area (Å²) in [6, 6.07) is 7.65. The molecule has 1 fully saturated rings. The fourth-order valence-electron chi connectivity index (χ4n) is 3.95. The van der Waals surface area contributed by atoms with Crippen LogP contribution in [0.1, 0.15) is 40.2 Å². The number of halogens is 1. The van der Waals surface area contributed by atoms with Crippen LogP contribution >= 0.6 is 12.4 Å². The number of nitrogens with one attached hydrogen (secondary N) is 2. The molecule has 0 atom stereocenters. The fraction of sp³-hybridized carbons (Fsp3) is 0.500. The second-order valence-electron chi connectivity index (χ2n) is 7.33. The summed E-state index contributed by atoms with van der Waals surface area (Å²) in [5, 5.41) is 10.8. The maximum atomic E-state index is 12.7. The molecular weight excluding hydrogens is 380 g/mol. The van der Waals surface area contributed by atoms with E-state index in [-0.39, 0.29) is 23.9 Å². The highest BCUT2D eigenvalue weighted by atomic mass is 35.5. The zero-order valence-electron chi connectivity index (χ0n) is 16.3. The number of hydrogen-bond donors (Lipinski definition) is 2. The number of nitrogens with zero attached hydrogens (tertiary/aromatic N) is 2.